The van der Waals surface area contributed by atoms with E-state index in [0.717, 1.165) is 9.96 Å². The first kappa shape index (κ1) is 15.4. The number of aromatic amines is 1. The Hall–Kier alpha value is -2.51. The Labute approximate surface area is 140 Å². The van der Waals surface area contributed by atoms with Crippen molar-refractivity contribution in [3.63, 3.8) is 0 Å². The zero-order valence-corrected chi connectivity index (χ0v) is 13.7. The third kappa shape index (κ3) is 2.88. The minimum atomic E-state index is -0.424. The number of H-pyrrole nitrogens is 1. The number of carbonyl (C=O) groups excluding carboxylic acids is 1. The monoisotopic (exact) mass is 348 g/mol. The average molecular weight is 349 g/mol. The normalized spacial score (nSPS) is 10.7. The average Bonchev–Trinajstić information content (AvgIpc) is 3.18. The van der Waals surface area contributed by atoms with Crippen molar-refractivity contribution in [1.82, 2.24) is 9.88 Å². The zero-order chi connectivity index (χ0) is 16.6. The van der Waals surface area contributed by atoms with Crippen LogP contribution in [0.3, 0.4) is 0 Å². The number of nitrogens with two attached hydrogens (primary N) is 1. The molecule has 0 radical (unpaired) electrons. The van der Waals surface area contributed by atoms with Crippen molar-refractivity contribution in [2.24, 2.45) is 5.73 Å². The molecular formula is C15H13ClN4O2S. The summed E-state index contributed by atoms with van der Waals surface area (Å²) < 4.78 is 5.82. The SMILES string of the molecule is CN(C(=N)N)C(=O)c1cc2c(Cl)ccc(Oc3cccs3)c2[nH]1. The smallest absolute Gasteiger partial charge is 0.276 e. The summed E-state index contributed by atoms with van der Waals surface area (Å²) in [6, 6.07) is 8.82. The molecule has 1 aromatic carbocycles. The number of fused-ring (bicyclic) bond motifs is 1. The molecule has 23 heavy (non-hydrogen) atoms. The molecule has 0 aliphatic rings. The minimum Gasteiger partial charge on any atom is -0.444 e. The third-order valence-electron chi connectivity index (χ3n) is 3.30. The molecule has 0 aliphatic carbocycles. The molecule has 4 N–H and O–H groups in total. The number of hydrogen-bond donors (Lipinski definition) is 3. The predicted molar refractivity (Wildman–Crippen MR) is 91.7 cm³/mol. The highest BCUT2D eigenvalue weighted by molar-refractivity contribution is 7.11. The van der Waals surface area contributed by atoms with Gasteiger partial charge in [-0.25, -0.2) is 0 Å². The largest absolute Gasteiger partial charge is 0.444 e. The van der Waals surface area contributed by atoms with Gasteiger partial charge in [-0.1, -0.05) is 11.6 Å². The summed E-state index contributed by atoms with van der Waals surface area (Å²) in [6.45, 7) is 0. The molecule has 0 unspecified atom stereocenters. The fraction of sp³-hybridized carbons (Fsp3) is 0.0667. The van der Waals surface area contributed by atoms with Gasteiger partial charge in [0.05, 0.1) is 10.5 Å². The van der Waals surface area contributed by atoms with Crippen LogP contribution in [0.15, 0.2) is 35.7 Å². The molecule has 0 fully saturated rings. The maximum absolute atomic E-state index is 12.3. The van der Waals surface area contributed by atoms with Crippen molar-refractivity contribution < 1.29 is 9.53 Å². The summed E-state index contributed by atoms with van der Waals surface area (Å²) in [5.74, 6) is -0.196. The van der Waals surface area contributed by atoms with Crippen LogP contribution in [-0.2, 0) is 0 Å². The summed E-state index contributed by atoms with van der Waals surface area (Å²) in [5.41, 5.74) is 6.24. The van der Waals surface area contributed by atoms with E-state index in [9.17, 15) is 4.79 Å². The number of benzene rings is 1. The van der Waals surface area contributed by atoms with E-state index >= 15 is 0 Å². The molecule has 1 amide bonds. The number of aromatic nitrogens is 1. The Morgan fingerprint density at radius 2 is 2.22 bits per heavy atom. The van der Waals surface area contributed by atoms with E-state index in [1.165, 1.54) is 18.4 Å². The molecule has 0 bridgehead atoms. The fourth-order valence-corrected chi connectivity index (χ4v) is 2.88. The lowest BCUT2D eigenvalue weighted by Gasteiger charge is -2.12. The molecule has 8 heteroatoms. The van der Waals surface area contributed by atoms with Crippen molar-refractivity contribution in [2.75, 3.05) is 7.05 Å². The van der Waals surface area contributed by atoms with Gasteiger partial charge < -0.3 is 15.5 Å². The maximum atomic E-state index is 12.3. The lowest BCUT2D eigenvalue weighted by atomic mass is 10.2. The van der Waals surface area contributed by atoms with Gasteiger partial charge in [0.15, 0.2) is 16.8 Å². The second-order valence-electron chi connectivity index (χ2n) is 4.80. The lowest BCUT2D eigenvalue weighted by Crippen LogP contribution is -2.38. The summed E-state index contributed by atoms with van der Waals surface area (Å²) >= 11 is 7.67. The highest BCUT2D eigenvalue weighted by Crippen LogP contribution is 2.35. The van der Waals surface area contributed by atoms with Crippen molar-refractivity contribution in [1.29, 1.82) is 5.41 Å². The van der Waals surface area contributed by atoms with E-state index < -0.39 is 5.91 Å². The zero-order valence-electron chi connectivity index (χ0n) is 12.1. The van der Waals surface area contributed by atoms with Gasteiger partial charge in [-0.2, -0.15) is 0 Å². The topological polar surface area (TPSA) is 95.2 Å². The van der Waals surface area contributed by atoms with Crippen LogP contribution in [0.2, 0.25) is 5.02 Å². The number of guanidine groups is 1. The second-order valence-corrected chi connectivity index (χ2v) is 6.12. The number of rotatable bonds is 3. The summed E-state index contributed by atoms with van der Waals surface area (Å²) in [7, 11) is 1.43. The summed E-state index contributed by atoms with van der Waals surface area (Å²) in [4.78, 5) is 16.3. The number of nitrogens with zero attached hydrogens (tertiary/aromatic N) is 1. The van der Waals surface area contributed by atoms with Crippen LogP contribution in [0.25, 0.3) is 10.9 Å². The van der Waals surface area contributed by atoms with Crippen LogP contribution < -0.4 is 10.5 Å². The van der Waals surface area contributed by atoms with Crippen molar-refractivity contribution >= 4 is 45.7 Å². The Kier molecular flexibility index (Phi) is 3.97. The van der Waals surface area contributed by atoms with Gasteiger partial charge in [-0.3, -0.25) is 15.1 Å². The molecule has 0 spiro atoms. The van der Waals surface area contributed by atoms with Crippen LogP contribution in [0, 0.1) is 5.41 Å². The van der Waals surface area contributed by atoms with E-state index in [0.29, 0.717) is 21.7 Å². The molecule has 2 aromatic heterocycles. The fourth-order valence-electron chi connectivity index (χ4n) is 2.08. The Morgan fingerprint density at radius 3 is 2.87 bits per heavy atom. The molecule has 0 saturated carbocycles. The van der Waals surface area contributed by atoms with Crippen LogP contribution in [0.1, 0.15) is 10.5 Å². The molecule has 6 nitrogen and oxygen atoms in total. The predicted octanol–water partition coefficient (Wildman–Crippen LogP) is 3.64. The van der Waals surface area contributed by atoms with Gasteiger partial charge in [-0.15, -0.1) is 11.3 Å². The van der Waals surface area contributed by atoms with Crippen LogP contribution >= 0.6 is 22.9 Å². The number of thiophene rings is 1. The van der Waals surface area contributed by atoms with Gasteiger partial charge in [0, 0.05) is 12.4 Å². The Morgan fingerprint density at radius 1 is 1.43 bits per heavy atom. The molecule has 118 valence electrons. The first-order valence-electron chi connectivity index (χ1n) is 6.62. The van der Waals surface area contributed by atoms with Gasteiger partial charge >= 0.3 is 0 Å². The molecule has 2 heterocycles. The molecule has 3 rings (SSSR count). The maximum Gasteiger partial charge on any atom is 0.276 e. The first-order valence-corrected chi connectivity index (χ1v) is 7.88. The van der Waals surface area contributed by atoms with Crippen LogP contribution in [-0.4, -0.2) is 28.8 Å². The molecule has 0 atom stereocenters. The second kappa shape index (κ2) is 5.94. The van der Waals surface area contributed by atoms with E-state index in [1.807, 2.05) is 17.5 Å². The molecule has 0 saturated heterocycles. The number of ether oxygens (including phenoxy) is 1. The van der Waals surface area contributed by atoms with Gasteiger partial charge in [-0.05, 0) is 35.7 Å². The molecule has 0 aliphatic heterocycles. The van der Waals surface area contributed by atoms with E-state index in [-0.39, 0.29) is 11.7 Å². The Balaban J connectivity index is 2.05. The number of halogens is 1. The lowest BCUT2D eigenvalue weighted by molar-refractivity contribution is 0.0864. The van der Waals surface area contributed by atoms with Gasteiger partial charge in [0.2, 0.25) is 0 Å². The number of carbonyl (C=O) groups is 1. The summed E-state index contributed by atoms with van der Waals surface area (Å²) in [5, 5.41) is 11.2. The van der Waals surface area contributed by atoms with E-state index in [1.54, 1.807) is 18.2 Å². The quantitative estimate of drug-likeness (QED) is 0.498. The first-order chi connectivity index (χ1) is 11.0. The van der Waals surface area contributed by atoms with Crippen LogP contribution in [0.4, 0.5) is 0 Å². The van der Waals surface area contributed by atoms with E-state index in [4.69, 9.17) is 27.5 Å². The molecular weight excluding hydrogens is 336 g/mol. The Bertz CT molecular complexity index is 888. The third-order valence-corrected chi connectivity index (χ3v) is 4.38. The number of nitrogens with one attached hydrogen (secondary N) is 2. The standard InChI is InChI=1S/C15H13ClN4O2S/c1-20(15(17)18)14(21)10-7-8-9(16)4-5-11(13(8)19-10)22-12-3-2-6-23-12/h2-7,19H,1H3,(H3,17,18). The van der Waals surface area contributed by atoms with Crippen LogP contribution in [0.5, 0.6) is 10.8 Å². The van der Waals surface area contributed by atoms with Crippen molar-refractivity contribution in [2.45, 2.75) is 0 Å². The van der Waals surface area contributed by atoms with Gasteiger partial charge in [0.1, 0.15) is 5.69 Å². The van der Waals surface area contributed by atoms with E-state index in [2.05, 4.69) is 4.98 Å². The summed E-state index contributed by atoms with van der Waals surface area (Å²) in [6.07, 6.45) is 0. The van der Waals surface area contributed by atoms with Crippen molar-refractivity contribution in [3.05, 3.63) is 46.4 Å². The van der Waals surface area contributed by atoms with Crippen molar-refractivity contribution in [3.8, 4) is 10.8 Å². The molecule has 3 aromatic rings. The van der Waals surface area contributed by atoms with Gasteiger partial charge in [0.25, 0.3) is 5.91 Å². The highest BCUT2D eigenvalue weighted by Gasteiger charge is 2.19. The number of amides is 1. The number of hydrogen-bond acceptors (Lipinski definition) is 4. The highest BCUT2D eigenvalue weighted by atomic mass is 35.5. The minimum absolute atomic E-state index is 0.279.